The van der Waals surface area contributed by atoms with E-state index < -0.39 is 0 Å². The normalized spacial score (nSPS) is 11.8. The Labute approximate surface area is 333 Å². The summed E-state index contributed by atoms with van der Waals surface area (Å²) in [5.41, 5.74) is 14.6. The van der Waals surface area contributed by atoms with Crippen LogP contribution in [0.15, 0.2) is 213 Å². The number of fused-ring (bicyclic) bond motifs is 9. The molecule has 0 aliphatic rings. The van der Waals surface area contributed by atoms with Crippen molar-refractivity contribution in [2.75, 3.05) is 4.90 Å². The van der Waals surface area contributed by atoms with Crippen molar-refractivity contribution in [3.05, 3.63) is 200 Å². The lowest BCUT2D eigenvalue weighted by Gasteiger charge is -2.26. The number of nitrogens with zero attached hydrogens (tertiary/aromatic N) is 1. The third kappa shape index (κ3) is 5.02. The minimum atomic E-state index is 0.824. The Morgan fingerprint density at radius 2 is 0.776 bits per heavy atom. The standard InChI is InChI=1S/C54H33NO3/c1-4-14-34(15-5-1)39-27-28-40(35-16-6-2-7-17-35)53-51(39)45-32-37(25-31-49(45)58-53)55(38-24-26-43-42-20-10-12-22-47(42)56-50(43)33-38)46-30-29-41(36-18-8-3-9-19-36)54-52(46)44-21-11-13-23-48(44)57-54/h1-33H. The Morgan fingerprint density at radius 1 is 0.293 bits per heavy atom. The molecule has 58 heavy (non-hydrogen) atoms. The summed E-state index contributed by atoms with van der Waals surface area (Å²) < 4.78 is 20.2. The molecule has 0 N–H and O–H groups in total. The van der Waals surface area contributed by atoms with Crippen LogP contribution < -0.4 is 4.90 Å². The maximum atomic E-state index is 6.87. The largest absolute Gasteiger partial charge is 0.456 e. The molecule has 12 rings (SSSR count). The van der Waals surface area contributed by atoms with E-state index in [0.29, 0.717) is 0 Å². The van der Waals surface area contributed by atoms with E-state index in [4.69, 9.17) is 13.3 Å². The van der Waals surface area contributed by atoms with E-state index in [9.17, 15) is 0 Å². The highest BCUT2D eigenvalue weighted by atomic mass is 16.3. The molecule has 0 aliphatic carbocycles. The van der Waals surface area contributed by atoms with Gasteiger partial charge in [-0.15, -0.1) is 0 Å². The SMILES string of the molecule is c1ccc(-c2ccc(-c3ccccc3)c3c2oc2ccc(N(c4ccc5c(c4)oc4ccccc45)c4ccc(-c5ccccc5)c5oc6ccccc6c45)cc23)cc1. The van der Waals surface area contributed by atoms with Crippen LogP contribution in [-0.2, 0) is 0 Å². The number of benzene rings is 9. The highest BCUT2D eigenvalue weighted by Gasteiger charge is 2.25. The Balaban J connectivity index is 1.17. The van der Waals surface area contributed by atoms with Gasteiger partial charge in [-0.3, -0.25) is 0 Å². The molecular weight excluding hydrogens is 711 g/mol. The molecule has 4 nitrogen and oxygen atoms in total. The second kappa shape index (κ2) is 12.9. The number of hydrogen-bond acceptors (Lipinski definition) is 4. The first-order valence-corrected chi connectivity index (χ1v) is 19.6. The molecule has 0 fully saturated rings. The molecule has 3 heterocycles. The van der Waals surface area contributed by atoms with E-state index >= 15 is 0 Å². The quantitative estimate of drug-likeness (QED) is 0.170. The lowest BCUT2D eigenvalue weighted by atomic mass is 9.94. The molecule has 0 atom stereocenters. The van der Waals surface area contributed by atoms with Crippen LogP contribution in [-0.4, -0.2) is 0 Å². The molecule has 9 aromatic carbocycles. The van der Waals surface area contributed by atoms with Crippen molar-refractivity contribution < 1.29 is 13.3 Å². The summed E-state index contributed by atoms with van der Waals surface area (Å²) in [4.78, 5) is 2.34. The fraction of sp³-hybridized carbons (Fsp3) is 0. The summed E-state index contributed by atoms with van der Waals surface area (Å²) in [6, 6.07) is 70.0. The number of hydrogen-bond donors (Lipinski definition) is 0. The summed E-state index contributed by atoms with van der Waals surface area (Å²) in [6.45, 7) is 0. The summed E-state index contributed by atoms with van der Waals surface area (Å²) in [7, 11) is 0. The minimum Gasteiger partial charge on any atom is -0.456 e. The number of anilines is 3. The van der Waals surface area contributed by atoms with Crippen molar-refractivity contribution in [3.8, 4) is 33.4 Å². The first kappa shape index (κ1) is 32.4. The third-order valence-corrected chi connectivity index (χ3v) is 11.5. The Bertz CT molecular complexity index is 3500. The van der Waals surface area contributed by atoms with Gasteiger partial charge in [-0.2, -0.15) is 0 Å². The zero-order valence-electron chi connectivity index (χ0n) is 31.2. The summed E-state index contributed by atoms with van der Waals surface area (Å²) in [5.74, 6) is 0. The molecule has 0 saturated carbocycles. The van der Waals surface area contributed by atoms with Gasteiger partial charge < -0.3 is 18.2 Å². The second-order valence-electron chi connectivity index (χ2n) is 14.8. The summed E-state index contributed by atoms with van der Waals surface area (Å²) in [6.07, 6.45) is 0. The van der Waals surface area contributed by atoms with Crippen molar-refractivity contribution in [1.82, 2.24) is 0 Å². The number of furan rings is 3. The topological polar surface area (TPSA) is 42.7 Å². The molecule has 4 heteroatoms. The third-order valence-electron chi connectivity index (χ3n) is 11.5. The summed E-state index contributed by atoms with van der Waals surface area (Å²) in [5, 5.41) is 6.38. The van der Waals surface area contributed by atoms with Crippen LogP contribution in [0.5, 0.6) is 0 Å². The summed E-state index contributed by atoms with van der Waals surface area (Å²) >= 11 is 0. The first-order valence-electron chi connectivity index (χ1n) is 19.6. The van der Waals surface area contributed by atoms with E-state index in [-0.39, 0.29) is 0 Å². The molecule has 272 valence electrons. The van der Waals surface area contributed by atoms with Crippen LogP contribution in [0.2, 0.25) is 0 Å². The molecule has 0 spiro atoms. The first-order chi connectivity index (χ1) is 28.8. The Hall–Kier alpha value is -7.82. The van der Waals surface area contributed by atoms with E-state index in [1.165, 1.54) is 0 Å². The minimum absolute atomic E-state index is 0.824. The molecule has 0 radical (unpaired) electrons. The molecule has 12 aromatic rings. The van der Waals surface area contributed by atoms with E-state index in [1.807, 2.05) is 30.3 Å². The van der Waals surface area contributed by atoms with Crippen LogP contribution in [0.3, 0.4) is 0 Å². The van der Waals surface area contributed by atoms with Crippen LogP contribution in [0.25, 0.3) is 99.2 Å². The van der Waals surface area contributed by atoms with Crippen molar-refractivity contribution >= 4 is 82.9 Å². The zero-order valence-corrected chi connectivity index (χ0v) is 31.2. The lowest BCUT2D eigenvalue weighted by Crippen LogP contribution is -2.10. The van der Waals surface area contributed by atoms with Gasteiger partial charge in [0.15, 0.2) is 0 Å². The fourth-order valence-electron chi connectivity index (χ4n) is 8.83. The van der Waals surface area contributed by atoms with E-state index in [2.05, 4.69) is 175 Å². The Morgan fingerprint density at radius 3 is 1.47 bits per heavy atom. The van der Waals surface area contributed by atoms with Gasteiger partial charge in [-0.25, -0.2) is 0 Å². The van der Waals surface area contributed by atoms with Crippen molar-refractivity contribution in [1.29, 1.82) is 0 Å². The molecule has 0 unspecified atom stereocenters. The van der Waals surface area contributed by atoms with Crippen molar-refractivity contribution in [2.24, 2.45) is 0 Å². The maximum absolute atomic E-state index is 6.87. The zero-order chi connectivity index (χ0) is 38.2. The van der Waals surface area contributed by atoms with Crippen LogP contribution in [0, 0.1) is 0 Å². The highest BCUT2D eigenvalue weighted by molar-refractivity contribution is 6.19. The second-order valence-corrected chi connectivity index (χ2v) is 14.8. The highest BCUT2D eigenvalue weighted by Crippen LogP contribution is 2.49. The molecule has 3 aromatic heterocycles. The van der Waals surface area contributed by atoms with Gasteiger partial charge in [0.2, 0.25) is 0 Å². The van der Waals surface area contributed by atoms with Gasteiger partial charge in [0, 0.05) is 55.5 Å². The average molecular weight is 744 g/mol. The molecule has 0 aliphatic heterocycles. The van der Waals surface area contributed by atoms with Crippen LogP contribution in [0.4, 0.5) is 17.1 Å². The lowest BCUT2D eigenvalue weighted by molar-refractivity contribution is 0.668. The van der Waals surface area contributed by atoms with Gasteiger partial charge in [0.05, 0.1) is 11.1 Å². The van der Waals surface area contributed by atoms with Gasteiger partial charge in [-0.05, 0) is 82.9 Å². The monoisotopic (exact) mass is 743 g/mol. The molecular formula is C54H33NO3. The van der Waals surface area contributed by atoms with Gasteiger partial charge >= 0.3 is 0 Å². The fourth-order valence-corrected chi connectivity index (χ4v) is 8.83. The number of rotatable bonds is 6. The predicted octanol–water partition coefficient (Wildman–Crippen LogP) is 15.9. The van der Waals surface area contributed by atoms with Gasteiger partial charge in [-0.1, -0.05) is 133 Å². The molecule has 0 amide bonds. The maximum Gasteiger partial charge on any atom is 0.145 e. The van der Waals surface area contributed by atoms with Gasteiger partial charge in [0.1, 0.15) is 33.5 Å². The van der Waals surface area contributed by atoms with Crippen molar-refractivity contribution in [3.63, 3.8) is 0 Å². The Kier molecular flexibility index (Phi) is 7.20. The van der Waals surface area contributed by atoms with E-state index in [0.717, 1.165) is 116 Å². The van der Waals surface area contributed by atoms with Crippen LogP contribution in [0.1, 0.15) is 0 Å². The molecule has 0 saturated heterocycles. The molecule has 0 bridgehead atoms. The van der Waals surface area contributed by atoms with Gasteiger partial charge in [0.25, 0.3) is 0 Å². The predicted molar refractivity (Wildman–Crippen MR) is 239 cm³/mol. The number of para-hydroxylation sites is 2. The smallest absolute Gasteiger partial charge is 0.145 e. The average Bonchev–Trinajstić information content (AvgIpc) is 3.99. The van der Waals surface area contributed by atoms with Crippen LogP contribution >= 0.6 is 0 Å². The van der Waals surface area contributed by atoms with Crippen molar-refractivity contribution in [2.45, 2.75) is 0 Å². The van der Waals surface area contributed by atoms with E-state index in [1.54, 1.807) is 0 Å².